The van der Waals surface area contributed by atoms with Crippen LogP contribution in [0.5, 0.6) is 0 Å². The highest BCUT2D eigenvalue weighted by Crippen LogP contribution is 2.40. The van der Waals surface area contributed by atoms with E-state index in [2.05, 4.69) is 6.92 Å². The van der Waals surface area contributed by atoms with Crippen LogP contribution in [0.15, 0.2) is 101 Å². The Labute approximate surface area is 193 Å². The lowest BCUT2D eigenvalue weighted by Crippen LogP contribution is -2.40. The van der Waals surface area contributed by atoms with Crippen LogP contribution in [0.4, 0.5) is 11.4 Å². The molecule has 162 valence electrons. The topological polar surface area (TPSA) is 40.6 Å². The summed E-state index contributed by atoms with van der Waals surface area (Å²) in [5.74, 6) is -0.0824. The van der Waals surface area contributed by atoms with Gasteiger partial charge in [-0.05, 0) is 42.8 Å². The molecule has 3 aromatic carbocycles. The molecular formula is C27H26N2O2S. The second-order valence-corrected chi connectivity index (χ2v) is 8.68. The molecule has 0 unspecified atom stereocenters. The van der Waals surface area contributed by atoms with E-state index < -0.39 is 0 Å². The Bertz CT molecular complexity index is 1070. The van der Waals surface area contributed by atoms with Gasteiger partial charge in [0, 0.05) is 23.1 Å². The number of unbranched alkanes of at least 4 members (excludes halogenated alkanes) is 2. The van der Waals surface area contributed by atoms with Gasteiger partial charge >= 0.3 is 0 Å². The second-order valence-electron chi connectivity index (χ2n) is 7.60. The van der Waals surface area contributed by atoms with Crippen molar-refractivity contribution in [3.05, 3.63) is 102 Å². The number of carbonyl (C=O) groups excluding carboxylic acids is 2. The third-order valence-electron chi connectivity index (χ3n) is 5.28. The Hall–Kier alpha value is -3.31. The largest absolute Gasteiger partial charge is 0.288 e. The number of Topliss-reactive ketones (excluding diaryl/α,β-unsaturated/α-hetero) is 1. The number of carbonyl (C=O) groups is 2. The van der Waals surface area contributed by atoms with Gasteiger partial charge < -0.3 is 0 Å². The molecule has 0 radical (unpaired) electrons. The minimum atomic E-state index is -0.0435. The Morgan fingerprint density at radius 3 is 2.03 bits per heavy atom. The molecule has 1 amide bonds. The molecule has 4 rings (SSSR count). The van der Waals surface area contributed by atoms with Gasteiger partial charge in [-0.25, -0.2) is 10.0 Å². The van der Waals surface area contributed by atoms with Crippen molar-refractivity contribution in [2.45, 2.75) is 37.5 Å². The van der Waals surface area contributed by atoms with Crippen molar-refractivity contribution in [3.8, 4) is 0 Å². The minimum Gasteiger partial charge on any atom is -0.288 e. The summed E-state index contributed by atoms with van der Waals surface area (Å²) in [6.07, 6.45) is 4.97. The maximum atomic E-state index is 13.5. The third-order valence-corrected chi connectivity index (χ3v) is 6.37. The third kappa shape index (κ3) is 4.78. The van der Waals surface area contributed by atoms with E-state index in [1.165, 1.54) is 11.8 Å². The number of para-hydroxylation sites is 2. The average Bonchev–Trinajstić information content (AvgIpc) is 3.15. The van der Waals surface area contributed by atoms with Gasteiger partial charge in [0.25, 0.3) is 0 Å². The molecule has 0 fully saturated rings. The Morgan fingerprint density at radius 2 is 1.44 bits per heavy atom. The van der Waals surface area contributed by atoms with Crippen LogP contribution in [0.25, 0.3) is 0 Å². The standard InChI is InChI=1S/C27H26N2O2S/c1-2-3-6-19-26(30)28(20-25-27(31)23-17-11-12-18-24(23)32-25)29(21-13-7-4-8-14-21)22-15-9-5-10-16-22/h4-5,7-18,20H,2-3,6,19H2,1H3. The summed E-state index contributed by atoms with van der Waals surface area (Å²) in [5, 5.41) is 3.50. The van der Waals surface area contributed by atoms with E-state index in [1.807, 2.05) is 89.9 Å². The number of hydrogen-bond acceptors (Lipinski definition) is 4. The molecule has 32 heavy (non-hydrogen) atoms. The first-order chi connectivity index (χ1) is 15.7. The number of hydrazine groups is 1. The fourth-order valence-corrected chi connectivity index (χ4v) is 4.66. The predicted octanol–water partition coefficient (Wildman–Crippen LogP) is 6.98. The smallest absolute Gasteiger partial charge is 0.245 e. The van der Waals surface area contributed by atoms with Crippen molar-refractivity contribution in [1.82, 2.24) is 5.01 Å². The fourth-order valence-electron chi connectivity index (χ4n) is 3.66. The van der Waals surface area contributed by atoms with E-state index in [9.17, 15) is 9.59 Å². The molecule has 0 saturated heterocycles. The number of ketones is 1. The predicted molar refractivity (Wildman–Crippen MR) is 131 cm³/mol. The summed E-state index contributed by atoms with van der Waals surface area (Å²) in [5.41, 5.74) is 2.40. The molecule has 1 aliphatic rings. The Balaban J connectivity index is 1.77. The summed E-state index contributed by atoms with van der Waals surface area (Å²) in [4.78, 5) is 28.0. The first-order valence-electron chi connectivity index (χ1n) is 10.9. The monoisotopic (exact) mass is 442 g/mol. The number of allylic oxidation sites excluding steroid dienone is 1. The molecule has 0 aromatic heterocycles. The number of anilines is 2. The van der Waals surface area contributed by atoms with Crippen molar-refractivity contribution in [2.75, 3.05) is 5.01 Å². The van der Waals surface area contributed by atoms with E-state index >= 15 is 0 Å². The summed E-state index contributed by atoms with van der Waals surface area (Å²) >= 11 is 1.42. The van der Waals surface area contributed by atoms with E-state index in [0.717, 1.165) is 35.5 Å². The summed E-state index contributed by atoms with van der Waals surface area (Å²) in [7, 11) is 0. The van der Waals surface area contributed by atoms with Gasteiger partial charge in [0.15, 0.2) is 0 Å². The molecule has 1 aliphatic heterocycles. The quantitative estimate of drug-likeness (QED) is 0.214. The molecule has 0 atom stereocenters. The number of fused-ring (bicyclic) bond motifs is 1. The molecule has 5 heteroatoms. The lowest BCUT2D eigenvalue weighted by Gasteiger charge is -2.34. The molecular weight excluding hydrogens is 416 g/mol. The fraction of sp³-hybridized carbons (Fsp3) is 0.185. The van der Waals surface area contributed by atoms with Gasteiger partial charge in [0.1, 0.15) is 0 Å². The van der Waals surface area contributed by atoms with Crippen molar-refractivity contribution in [1.29, 1.82) is 0 Å². The zero-order valence-electron chi connectivity index (χ0n) is 18.1. The number of hydrogen-bond donors (Lipinski definition) is 0. The first kappa shape index (κ1) is 21.9. The molecule has 0 spiro atoms. The van der Waals surface area contributed by atoms with Crippen molar-refractivity contribution >= 4 is 34.8 Å². The van der Waals surface area contributed by atoms with Gasteiger partial charge in [-0.15, -0.1) is 0 Å². The highest BCUT2D eigenvalue weighted by molar-refractivity contribution is 8.04. The number of nitrogens with zero attached hydrogens (tertiary/aromatic N) is 2. The molecule has 0 aliphatic carbocycles. The van der Waals surface area contributed by atoms with Crippen molar-refractivity contribution in [3.63, 3.8) is 0 Å². The van der Waals surface area contributed by atoms with Crippen LogP contribution in [0, 0.1) is 0 Å². The van der Waals surface area contributed by atoms with Crippen LogP contribution in [-0.4, -0.2) is 16.7 Å². The second kappa shape index (κ2) is 10.3. The molecule has 3 aromatic rings. The minimum absolute atomic E-state index is 0.0389. The van der Waals surface area contributed by atoms with Gasteiger partial charge in [0.2, 0.25) is 11.7 Å². The Morgan fingerprint density at radius 1 is 0.844 bits per heavy atom. The summed E-state index contributed by atoms with van der Waals surface area (Å²) < 4.78 is 0. The van der Waals surface area contributed by atoms with Crippen molar-refractivity contribution in [2.24, 2.45) is 0 Å². The maximum absolute atomic E-state index is 13.5. The maximum Gasteiger partial charge on any atom is 0.245 e. The SMILES string of the molecule is CCCCCC(=O)N(C=C1Sc2ccccc2C1=O)N(c1ccccc1)c1ccccc1. The van der Waals surface area contributed by atoms with E-state index in [-0.39, 0.29) is 11.7 Å². The van der Waals surface area contributed by atoms with Gasteiger partial charge in [0.05, 0.1) is 16.3 Å². The van der Waals surface area contributed by atoms with Gasteiger partial charge in [-0.3, -0.25) is 9.59 Å². The van der Waals surface area contributed by atoms with Crippen LogP contribution in [0.1, 0.15) is 43.0 Å². The molecule has 0 saturated carbocycles. The lowest BCUT2D eigenvalue weighted by molar-refractivity contribution is -0.128. The highest BCUT2D eigenvalue weighted by atomic mass is 32.2. The molecule has 0 N–H and O–H groups in total. The average molecular weight is 443 g/mol. The summed E-state index contributed by atoms with van der Waals surface area (Å²) in [6, 6.07) is 27.1. The van der Waals surface area contributed by atoms with Crippen LogP contribution in [-0.2, 0) is 4.79 Å². The molecule has 4 nitrogen and oxygen atoms in total. The van der Waals surface area contributed by atoms with Gasteiger partial charge in [-0.1, -0.05) is 80.1 Å². The van der Waals surface area contributed by atoms with Crippen LogP contribution in [0.2, 0.25) is 0 Å². The van der Waals surface area contributed by atoms with E-state index in [0.29, 0.717) is 16.9 Å². The molecule has 1 heterocycles. The van der Waals surface area contributed by atoms with E-state index in [1.54, 1.807) is 11.2 Å². The number of amides is 1. The first-order valence-corrected chi connectivity index (χ1v) is 11.8. The van der Waals surface area contributed by atoms with Crippen molar-refractivity contribution < 1.29 is 9.59 Å². The highest BCUT2D eigenvalue weighted by Gasteiger charge is 2.29. The normalized spacial score (nSPS) is 13.8. The van der Waals surface area contributed by atoms with Gasteiger partial charge in [-0.2, -0.15) is 0 Å². The number of thioether (sulfide) groups is 1. The van der Waals surface area contributed by atoms with E-state index in [4.69, 9.17) is 0 Å². The zero-order chi connectivity index (χ0) is 22.3. The molecule has 0 bridgehead atoms. The van der Waals surface area contributed by atoms with Crippen LogP contribution >= 0.6 is 11.8 Å². The lowest BCUT2D eigenvalue weighted by atomic mass is 10.1. The Kier molecular flexibility index (Phi) is 7.07. The number of benzene rings is 3. The van der Waals surface area contributed by atoms with Crippen LogP contribution < -0.4 is 5.01 Å². The zero-order valence-corrected chi connectivity index (χ0v) is 18.9. The van der Waals surface area contributed by atoms with Crippen LogP contribution in [0.3, 0.4) is 0 Å². The number of rotatable bonds is 8. The summed E-state index contributed by atoms with van der Waals surface area (Å²) in [6.45, 7) is 2.12.